The third kappa shape index (κ3) is 4.14. The van der Waals surface area contributed by atoms with Gasteiger partial charge in [-0.2, -0.15) is 5.10 Å². The van der Waals surface area contributed by atoms with E-state index in [2.05, 4.69) is 10.4 Å². The summed E-state index contributed by atoms with van der Waals surface area (Å²) in [6.45, 7) is 13.8. The minimum absolute atomic E-state index is 0.0820. The Labute approximate surface area is 143 Å². The van der Waals surface area contributed by atoms with E-state index in [1.807, 2.05) is 48.5 Å². The summed E-state index contributed by atoms with van der Waals surface area (Å²) in [7, 11) is 0. The molecule has 0 aromatic carbocycles. The number of nitrogens with zero attached hydrogens (tertiary/aromatic N) is 2. The second-order valence-electron chi connectivity index (χ2n) is 9.19. The lowest BCUT2D eigenvalue weighted by Crippen LogP contribution is -2.34. The van der Waals surface area contributed by atoms with Crippen LogP contribution in [0.4, 0.5) is 14.6 Å². The fourth-order valence-electron chi connectivity index (χ4n) is 3.05. The van der Waals surface area contributed by atoms with E-state index < -0.39 is 5.92 Å². The molecule has 24 heavy (non-hydrogen) atoms. The number of hydrogen-bond donors (Lipinski definition) is 1. The number of anilines is 1. The van der Waals surface area contributed by atoms with E-state index in [9.17, 15) is 13.6 Å². The van der Waals surface area contributed by atoms with E-state index in [4.69, 9.17) is 0 Å². The van der Waals surface area contributed by atoms with Crippen LogP contribution in [-0.4, -0.2) is 21.6 Å². The van der Waals surface area contributed by atoms with Gasteiger partial charge in [0.15, 0.2) is 0 Å². The first kappa shape index (κ1) is 18.9. The van der Waals surface area contributed by atoms with Crippen LogP contribution in [0, 0.1) is 12.3 Å². The molecular weight excluding hydrogens is 312 g/mol. The van der Waals surface area contributed by atoms with E-state index >= 15 is 0 Å². The zero-order valence-corrected chi connectivity index (χ0v) is 15.8. The number of rotatable bonds is 3. The molecule has 1 saturated carbocycles. The van der Waals surface area contributed by atoms with Gasteiger partial charge in [-0.1, -0.05) is 20.8 Å². The topological polar surface area (TPSA) is 46.9 Å². The maximum Gasteiger partial charge on any atom is 0.249 e. The van der Waals surface area contributed by atoms with Gasteiger partial charge >= 0.3 is 0 Å². The Hall–Kier alpha value is -1.46. The Morgan fingerprint density at radius 1 is 1.25 bits per heavy atom. The molecule has 136 valence electrons. The van der Waals surface area contributed by atoms with Crippen molar-refractivity contribution in [2.24, 2.45) is 5.41 Å². The molecule has 0 atom stereocenters. The predicted molar refractivity (Wildman–Crippen MR) is 91.6 cm³/mol. The Kier molecular flexibility index (Phi) is 4.57. The molecular formula is C18H29F2N3O. The normalized spacial score (nSPS) is 18.4. The number of halogens is 2. The molecule has 1 aliphatic rings. The minimum atomic E-state index is -2.59. The van der Waals surface area contributed by atoms with Gasteiger partial charge in [0, 0.05) is 30.7 Å². The van der Waals surface area contributed by atoms with Crippen molar-refractivity contribution >= 4 is 11.7 Å². The Bertz CT molecular complexity index is 628. The second-order valence-corrected chi connectivity index (χ2v) is 9.19. The quantitative estimate of drug-likeness (QED) is 0.855. The van der Waals surface area contributed by atoms with Gasteiger partial charge in [-0.25, -0.2) is 13.5 Å². The van der Waals surface area contributed by atoms with Crippen molar-refractivity contribution in [2.75, 3.05) is 5.32 Å². The van der Waals surface area contributed by atoms with Crippen molar-refractivity contribution in [1.29, 1.82) is 0 Å². The summed E-state index contributed by atoms with van der Waals surface area (Å²) in [5.74, 6) is -2.27. The molecule has 1 aromatic rings. The lowest BCUT2D eigenvalue weighted by molar-refractivity contribution is -0.117. The summed E-state index contributed by atoms with van der Waals surface area (Å²) in [6.07, 6.45) is 0.0628. The maximum atomic E-state index is 13.2. The van der Waals surface area contributed by atoms with E-state index in [1.54, 1.807) is 4.68 Å². The molecule has 0 unspecified atom stereocenters. The number of alkyl halides is 2. The van der Waals surface area contributed by atoms with Crippen LogP contribution in [0.3, 0.4) is 0 Å². The highest BCUT2D eigenvalue weighted by Crippen LogP contribution is 2.49. The summed E-state index contributed by atoms with van der Waals surface area (Å²) in [5, 5.41) is 7.55. The zero-order valence-electron chi connectivity index (χ0n) is 15.8. The van der Waals surface area contributed by atoms with Gasteiger partial charge in [-0.3, -0.25) is 4.79 Å². The molecule has 4 nitrogen and oxygen atoms in total. The Morgan fingerprint density at radius 2 is 1.79 bits per heavy atom. The number of nitrogens with one attached hydrogen (secondary N) is 1. The van der Waals surface area contributed by atoms with Crippen LogP contribution in [0.2, 0.25) is 0 Å². The first-order valence-electron chi connectivity index (χ1n) is 8.47. The lowest BCUT2D eigenvalue weighted by Gasteiger charge is -2.34. The van der Waals surface area contributed by atoms with E-state index in [1.165, 1.54) is 0 Å². The zero-order chi connectivity index (χ0) is 18.5. The molecule has 1 fully saturated rings. The predicted octanol–water partition coefficient (Wildman–Crippen LogP) is 4.83. The number of hydrogen-bond acceptors (Lipinski definition) is 2. The minimum Gasteiger partial charge on any atom is -0.311 e. The van der Waals surface area contributed by atoms with Gasteiger partial charge in [0.2, 0.25) is 11.8 Å². The van der Waals surface area contributed by atoms with Crippen molar-refractivity contribution in [3.63, 3.8) is 0 Å². The smallest absolute Gasteiger partial charge is 0.249 e. The van der Waals surface area contributed by atoms with Crippen LogP contribution in [0.25, 0.3) is 0 Å². The maximum absolute atomic E-state index is 13.2. The molecule has 1 amide bonds. The van der Waals surface area contributed by atoms with Gasteiger partial charge in [0.25, 0.3) is 0 Å². The Morgan fingerprint density at radius 3 is 2.21 bits per heavy atom. The monoisotopic (exact) mass is 341 g/mol. The highest BCUT2D eigenvalue weighted by molar-refractivity contribution is 5.91. The number of aromatic nitrogens is 2. The molecule has 0 aliphatic heterocycles. The van der Waals surface area contributed by atoms with Gasteiger partial charge in [-0.15, -0.1) is 0 Å². The fourth-order valence-corrected chi connectivity index (χ4v) is 3.05. The van der Waals surface area contributed by atoms with Gasteiger partial charge in [0.1, 0.15) is 5.82 Å². The summed E-state index contributed by atoms with van der Waals surface area (Å²) in [6, 6.07) is 0. The molecule has 0 saturated heterocycles. The molecule has 1 aliphatic carbocycles. The Balaban J connectivity index is 2.32. The van der Waals surface area contributed by atoms with Crippen LogP contribution < -0.4 is 5.32 Å². The van der Waals surface area contributed by atoms with Crippen molar-refractivity contribution in [1.82, 2.24) is 9.78 Å². The standard InChI is InChI=1S/C18H29F2N3O/c1-11-14(12-8-18(19,20)9-12)22-23(17(5,6)7)15(11)21-13(24)10-16(2,3)4/h12H,8-10H2,1-7H3,(H,21,24). The van der Waals surface area contributed by atoms with Gasteiger partial charge < -0.3 is 5.32 Å². The van der Waals surface area contributed by atoms with Crippen LogP contribution >= 0.6 is 0 Å². The first-order valence-corrected chi connectivity index (χ1v) is 8.47. The molecule has 1 heterocycles. The second kappa shape index (κ2) is 5.81. The summed E-state index contributed by atoms with van der Waals surface area (Å²) >= 11 is 0. The molecule has 0 spiro atoms. The van der Waals surface area contributed by atoms with Gasteiger partial charge in [0.05, 0.1) is 11.2 Å². The molecule has 0 radical (unpaired) electrons. The lowest BCUT2D eigenvalue weighted by atomic mass is 9.78. The average molecular weight is 341 g/mol. The molecule has 0 bridgehead atoms. The largest absolute Gasteiger partial charge is 0.311 e. The SMILES string of the molecule is Cc1c(C2CC(F)(F)C2)nn(C(C)(C)C)c1NC(=O)CC(C)(C)C. The highest BCUT2D eigenvalue weighted by Gasteiger charge is 2.48. The van der Waals surface area contributed by atoms with E-state index in [0.717, 1.165) is 5.56 Å². The van der Waals surface area contributed by atoms with Gasteiger partial charge in [-0.05, 0) is 33.1 Å². The summed E-state index contributed by atoms with van der Waals surface area (Å²) < 4.78 is 28.2. The van der Waals surface area contributed by atoms with Crippen molar-refractivity contribution in [2.45, 2.75) is 85.1 Å². The average Bonchev–Trinajstić information content (AvgIpc) is 2.61. The molecule has 2 rings (SSSR count). The molecule has 1 aromatic heterocycles. The first-order chi connectivity index (χ1) is 10.7. The number of amides is 1. The molecule has 1 N–H and O–H groups in total. The fraction of sp³-hybridized carbons (Fsp3) is 0.778. The third-order valence-corrected chi connectivity index (χ3v) is 4.22. The summed E-state index contributed by atoms with van der Waals surface area (Å²) in [4.78, 5) is 12.4. The number of carbonyl (C=O) groups excluding carboxylic acids is 1. The van der Waals surface area contributed by atoms with Crippen LogP contribution in [0.5, 0.6) is 0 Å². The van der Waals surface area contributed by atoms with E-state index in [-0.39, 0.29) is 35.6 Å². The van der Waals surface area contributed by atoms with E-state index in [0.29, 0.717) is 17.9 Å². The third-order valence-electron chi connectivity index (χ3n) is 4.22. The van der Waals surface area contributed by atoms with Crippen LogP contribution in [-0.2, 0) is 10.3 Å². The molecule has 6 heteroatoms. The van der Waals surface area contributed by atoms with Crippen molar-refractivity contribution < 1.29 is 13.6 Å². The van der Waals surface area contributed by atoms with Crippen LogP contribution in [0.15, 0.2) is 0 Å². The number of carbonyl (C=O) groups is 1. The van der Waals surface area contributed by atoms with Crippen LogP contribution in [0.1, 0.15) is 78.0 Å². The summed E-state index contributed by atoms with van der Waals surface area (Å²) in [5.41, 5.74) is 1.01. The van der Waals surface area contributed by atoms with Crippen molar-refractivity contribution in [3.8, 4) is 0 Å². The highest BCUT2D eigenvalue weighted by atomic mass is 19.3. The van der Waals surface area contributed by atoms with Crippen molar-refractivity contribution in [3.05, 3.63) is 11.3 Å².